The zero-order valence-corrected chi connectivity index (χ0v) is 15.0. The van der Waals surface area contributed by atoms with Gasteiger partial charge in [0.1, 0.15) is 17.3 Å². The fourth-order valence-electron chi connectivity index (χ4n) is 2.12. The molecule has 0 atom stereocenters. The molecule has 0 aliphatic heterocycles. The smallest absolute Gasteiger partial charge is 0.277 e. The van der Waals surface area contributed by atoms with Gasteiger partial charge in [0.2, 0.25) is 0 Å². The Morgan fingerprint density at radius 3 is 2.73 bits per heavy atom. The Morgan fingerprint density at radius 2 is 1.92 bits per heavy atom. The summed E-state index contributed by atoms with van der Waals surface area (Å²) in [5, 5.41) is 4.93. The number of ether oxygens (including phenoxy) is 1. The van der Waals surface area contributed by atoms with Crippen molar-refractivity contribution < 1.29 is 13.9 Å². The number of hydrogen-bond acceptors (Lipinski definition) is 4. The standard InChI is InChI=1S/C19H14Cl2N2O3/c20-13-6-8-17(21)16(10-13)18-9-7-15(26-18)11-22-23-19(24)12-25-14-4-2-1-3-5-14/h1-11H,12H2,(H,23,24)/b22-11-. The van der Waals surface area contributed by atoms with Crippen LogP contribution in [-0.4, -0.2) is 18.7 Å². The van der Waals surface area contributed by atoms with E-state index >= 15 is 0 Å². The summed E-state index contributed by atoms with van der Waals surface area (Å²) in [4.78, 5) is 11.7. The van der Waals surface area contributed by atoms with E-state index in [2.05, 4.69) is 10.5 Å². The molecule has 0 saturated heterocycles. The minimum Gasteiger partial charge on any atom is -0.484 e. The zero-order chi connectivity index (χ0) is 18.4. The third-order valence-electron chi connectivity index (χ3n) is 3.31. The van der Waals surface area contributed by atoms with E-state index in [-0.39, 0.29) is 12.5 Å². The first-order chi connectivity index (χ1) is 12.6. The second-order valence-electron chi connectivity index (χ2n) is 5.22. The van der Waals surface area contributed by atoms with Gasteiger partial charge in [-0.2, -0.15) is 5.10 Å². The van der Waals surface area contributed by atoms with Crippen molar-refractivity contribution in [3.05, 3.63) is 76.5 Å². The van der Waals surface area contributed by atoms with Crippen LogP contribution in [0.25, 0.3) is 11.3 Å². The normalized spacial score (nSPS) is 10.8. The minimum atomic E-state index is -0.380. The minimum absolute atomic E-state index is 0.136. The molecule has 1 aromatic heterocycles. The summed E-state index contributed by atoms with van der Waals surface area (Å²) in [5.41, 5.74) is 3.05. The monoisotopic (exact) mass is 388 g/mol. The van der Waals surface area contributed by atoms with Crippen LogP contribution >= 0.6 is 23.2 Å². The Balaban J connectivity index is 1.55. The quantitative estimate of drug-likeness (QED) is 0.487. The molecule has 132 valence electrons. The van der Waals surface area contributed by atoms with Crippen molar-refractivity contribution in [2.24, 2.45) is 5.10 Å². The van der Waals surface area contributed by atoms with Crippen molar-refractivity contribution >= 4 is 35.3 Å². The molecular formula is C19H14Cl2N2O3. The number of rotatable bonds is 6. The summed E-state index contributed by atoms with van der Waals surface area (Å²) in [7, 11) is 0. The predicted molar refractivity (Wildman–Crippen MR) is 102 cm³/mol. The molecule has 0 aliphatic carbocycles. The van der Waals surface area contributed by atoms with E-state index in [1.165, 1.54) is 6.21 Å². The first kappa shape index (κ1) is 18.0. The highest BCUT2D eigenvalue weighted by Crippen LogP contribution is 2.31. The van der Waals surface area contributed by atoms with E-state index in [0.717, 1.165) is 0 Å². The van der Waals surface area contributed by atoms with Gasteiger partial charge in [0.15, 0.2) is 6.61 Å². The average Bonchev–Trinajstić information content (AvgIpc) is 3.11. The number of hydrogen-bond donors (Lipinski definition) is 1. The molecule has 0 radical (unpaired) electrons. The number of carbonyl (C=O) groups is 1. The summed E-state index contributed by atoms with van der Waals surface area (Å²) < 4.78 is 11.0. The fraction of sp³-hybridized carbons (Fsp3) is 0.0526. The molecule has 0 bridgehead atoms. The van der Waals surface area contributed by atoms with Gasteiger partial charge in [-0.05, 0) is 42.5 Å². The summed E-state index contributed by atoms with van der Waals surface area (Å²) in [6.07, 6.45) is 1.39. The Morgan fingerprint density at radius 1 is 1.12 bits per heavy atom. The fourth-order valence-corrected chi connectivity index (χ4v) is 2.50. The highest BCUT2D eigenvalue weighted by molar-refractivity contribution is 6.35. The van der Waals surface area contributed by atoms with Gasteiger partial charge in [-0.1, -0.05) is 41.4 Å². The van der Waals surface area contributed by atoms with Gasteiger partial charge in [0.05, 0.1) is 11.2 Å². The maximum atomic E-state index is 11.7. The number of benzene rings is 2. The number of furan rings is 1. The van der Waals surface area contributed by atoms with Crippen molar-refractivity contribution in [2.45, 2.75) is 0 Å². The van der Waals surface area contributed by atoms with Crippen LogP contribution in [0.15, 0.2) is 70.2 Å². The van der Waals surface area contributed by atoms with Crippen molar-refractivity contribution in [1.82, 2.24) is 5.43 Å². The van der Waals surface area contributed by atoms with Gasteiger partial charge in [-0.15, -0.1) is 0 Å². The van der Waals surface area contributed by atoms with Crippen LogP contribution in [0.3, 0.4) is 0 Å². The van der Waals surface area contributed by atoms with Gasteiger partial charge in [-0.25, -0.2) is 5.43 Å². The zero-order valence-electron chi connectivity index (χ0n) is 13.5. The topological polar surface area (TPSA) is 63.8 Å². The van der Waals surface area contributed by atoms with Crippen LogP contribution in [0.2, 0.25) is 10.0 Å². The van der Waals surface area contributed by atoms with Crippen LogP contribution in [0.1, 0.15) is 5.76 Å². The SMILES string of the molecule is O=C(COc1ccccc1)N/N=C\c1ccc(-c2cc(Cl)ccc2Cl)o1. The third-order valence-corrected chi connectivity index (χ3v) is 3.88. The lowest BCUT2D eigenvalue weighted by Gasteiger charge is -2.03. The van der Waals surface area contributed by atoms with E-state index in [4.69, 9.17) is 32.4 Å². The number of amides is 1. The Labute approximate surface area is 160 Å². The van der Waals surface area contributed by atoms with E-state index in [1.807, 2.05) is 18.2 Å². The number of carbonyl (C=O) groups excluding carboxylic acids is 1. The third kappa shape index (κ3) is 4.88. The molecule has 1 amide bonds. The first-order valence-corrected chi connectivity index (χ1v) is 8.42. The highest BCUT2D eigenvalue weighted by atomic mass is 35.5. The van der Waals surface area contributed by atoms with Crippen LogP contribution < -0.4 is 10.2 Å². The molecule has 5 nitrogen and oxygen atoms in total. The molecule has 1 N–H and O–H groups in total. The van der Waals surface area contributed by atoms with Crippen molar-refractivity contribution in [2.75, 3.05) is 6.61 Å². The van der Waals surface area contributed by atoms with Crippen LogP contribution in [-0.2, 0) is 4.79 Å². The van der Waals surface area contributed by atoms with Gasteiger partial charge in [0.25, 0.3) is 5.91 Å². The first-order valence-electron chi connectivity index (χ1n) is 7.67. The maximum Gasteiger partial charge on any atom is 0.277 e. The summed E-state index contributed by atoms with van der Waals surface area (Å²) >= 11 is 12.1. The number of hydrazone groups is 1. The molecule has 0 fully saturated rings. The maximum absolute atomic E-state index is 11.7. The molecule has 3 aromatic rings. The number of para-hydroxylation sites is 1. The van der Waals surface area contributed by atoms with Gasteiger partial charge >= 0.3 is 0 Å². The summed E-state index contributed by atoms with van der Waals surface area (Å²) in [5.74, 6) is 1.24. The Bertz CT molecular complexity index is 924. The lowest BCUT2D eigenvalue weighted by molar-refractivity contribution is -0.123. The van der Waals surface area contributed by atoms with Gasteiger partial charge < -0.3 is 9.15 Å². The average molecular weight is 389 g/mol. The molecular weight excluding hydrogens is 375 g/mol. The lowest BCUT2D eigenvalue weighted by atomic mass is 10.2. The van der Waals surface area contributed by atoms with E-state index < -0.39 is 0 Å². The number of halogens is 2. The molecule has 0 unspecified atom stereocenters. The van der Waals surface area contributed by atoms with Gasteiger partial charge in [0, 0.05) is 10.6 Å². The largest absolute Gasteiger partial charge is 0.484 e. The summed E-state index contributed by atoms with van der Waals surface area (Å²) in [6.45, 7) is -0.136. The predicted octanol–water partition coefficient (Wildman–Crippen LogP) is 4.78. The molecule has 2 aromatic carbocycles. The lowest BCUT2D eigenvalue weighted by Crippen LogP contribution is -2.24. The number of nitrogens with one attached hydrogen (secondary N) is 1. The second kappa shape index (κ2) is 8.56. The number of nitrogens with zero attached hydrogens (tertiary/aromatic N) is 1. The van der Waals surface area contributed by atoms with Crippen molar-refractivity contribution in [1.29, 1.82) is 0 Å². The van der Waals surface area contributed by atoms with E-state index in [9.17, 15) is 4.79 Å². The molecule has 0 spiro atoms. The molecule has 26 heavy (non-hydrogen) atoms. The van der Waals surface area contributed by atoms with Crippen LogP contribution in [0.4, 0.5) is 0 Å². The molecule has 1 heterocycles. The Kier molecular flexibility index (Phi) is 5.94. The van der Waals surface area contributed by atoms with E-state index in [1.54, 1.807) is 42.5 Å². The summed E-state index contributed by atoms with van der Waals surface area (Å²) in [6, 6.07) is 17.6. The van der Waals surface area contributed by atoms with Crippen molar-refractivity contribution in [3.63, 3.8) is 0 Å². The molecule has 7 heteroatoms. The van der Waals surface area contributed by atoms with Crippen molar-refractivity contribution in [3.8, 4) is 17.1 Å². The second-order valence-corrected chi connectivity index (χ2v) is 6.06. The molecule has 0 aliphatic rings. The van der Waals surface area contributed by atoms with Crippen LogP contribution in [0, 0.1) is 0 Å². The molecule has 0 saturated carbocycles. The molecule has 3 rings (SSSR count). The van der Waals surface area contributed by atoms with E-state index in [0.29, 0.717) is 32.9 Å². The highest BCUT2D eigenvalue weighted by Gasteiger charge is 2.09. The van der Waals surface area contributed by atoms with Crippen LogP contribution in [0.5, 0.6) is 5.75 Å². The Hall–Kier alpha value is -2.76. The van der Waals surface area contributed by atoms with Gasteiger partial charge in [-0.3, -0.25) is 4.79 Å².